The molecule has 90 heavy (non-hydrogen) atoms. The van der Waals surface area contributed by atoms with Gasteiger partial charge in [-0.15, -0.1) is 0 Å². The maximum atomic E-state index is 12.9. The summed E-state index contributed by atoms with van der Waals surface area (Å²) in [4.78, 5) is 36.0. The quantitative estimate of drug-likeness (QED) is 0.0278. The van der Waals surface area contributed by atoms with Gasteiger partial charge < -0.3 is 18.9 Å². The van der Waals surface area contributed by atoms with Crippen molar-refractivity contribution in [2.24, 2.45) is 0 Å². The van der Waals surface area contributed by atoms with Crippen LogP contribution in [-0.4, -0.2) is 74.9 Å². The van der Waals surface area contributed by atoms with Crippen LogP contribution in [0.1, 0.15) is 450 Å². The average molecular weight is 1300 g/mol. The van der Waals surface area contributed by atoms with Gasteiger partial charge in [0.25, 0.3) is 0 Å². The number of unbranched alkanes of at least 4 members (excludes halogenated alkanes) is 64. The number of phosphoric acid groups is 1. The van der Waals surface area contributed by atoms with E-state index in [1.54, 1.807) is 0 Å². The van der Waals surface area contributed by atoms with E-state index in [9.17, 15) is 19.0 Å². The monoisotopic (exact) mass is 1300 g/mol. The Morgan fingerprint density at radius 1 is 0.300 bits per heavy atom. The van der Waals surface area contributed by atoms with Crippen molar-refractivity contribution in [3.8, 4) is 0 Å². The summed E-state index contributed by atoms with van der Waals surface area (Å²) in [6, 6.07) is 0. The average Bonchev–Trinajstić information content (AvgIpc) is 3.61. The van der Waals surface area contributed by atoms with Crippen LogP contribution >= 0.6 is 7.82 Å². The highest BCUT2D eigenvalue weighted by Gasteiger charge is 2.27. The van der Waals surface area contributed by atoms with E-state index >= 15 is 0 Å². The number of ether oxygens (including phenoxy) is 2. The molecule has 0 radical (unpaired) electrons. The minimum Gasteiger partial charge on any atom is -0.462 e. The number of hydrogen-bond donors (Lipinski definition) is 1. The summed E-state index contributed by atoms with van der Waals surface area (Å²) >= 11 is 0. The lowest BCUT2D eigenvalue weighted by Gasteiger charge is -2.24. The Balaban J connectivity index is 3.87. The Morgan fingerprint density at radius 3 is 0.711 bits per heavy atom. The number of phosphoric ester groups is 1. The maximum Gasteiger partial charge on any atom is 0.472 e. The second-order valence-corrected chi connectivity index (χ2v) is 31.0. The molecule has 538 valence electrons. The molecule has 0 aliphatic heterocycles. The molecular weight excluding hydrogens is 1130 g/mol. The number of likely N-dealkylation sites (N-methyl/N-ethyl adjacent to an activating group) is 1. The molecule has 2 unspecified atom stereocenters. The smallest absolute Gasteiger partial charge is 0.462 e. The van der Waals surface area contributed by atoms with Crippen LogP contribution in [0.3, 0.4) is 0 Å². The van der Waals surface area contributed by atoms with Gasteiger partial charge in [-0.05, 0) is 12.8 Å². The van der Waals surface area contributed by atoms with Crippen molar-refractivity contribution in [2.75, 3.05) is 47.5 Å². The molecule has 0 rings (SSSR count). The summed E-state index contributed by atoms with van der Waals surface area (Å²) in [5.74, 6) is -0.764. The molecule has 0 spiro atoms. The summed E-state index contributed by atoms with van der Waals surface area (Å²) in [7, 11) is 1.51. The summed E-state index contributed by atoms with van der Waals surface area (Å²) in [6.45, 7) is 4.55. The lowest BCUT2D eigenvalue weighted by Crippen LogP contribution is -2.37. The topological polar surface area (TPSA) is 108 Å². The first-order valence-corrected chi connectivity index (χ1v) is 42.3. The van der Waals surface area contributed by atoms with Crippen LogP contribution in [0.2, 0.25) is 0 Å². The summed E-state index contributed by atoms with van der Waals surface area (Å²) in [5, 5.41) is 0. The van der Waals surface area contributed by atoms with Gasteiger partial charge in [-0.1, -0.05) is 425 Å². The fourth-order valence-electron chi connectivity index (χ4n) is 12.9. The highest BCUT2D eigenvalue weighted by molar-refractivity contribution is 7.47. The SMILES string of the molecule is CCCCCCCCCCCCCCCCCCCCCCCCCCCCCCCCCCCCCCC(=O)OC(COC(=O)CCCCCCCCCCCCCCCCCCCCCCCCCCCCCCCC)COP(=O)(O)OCC[N+](C)(C)C. The molecule has 0 fully saturated rings. The lowest BCUT2D eigenvalue weighted by atomic mass is 10.0. The number of hydrogen-bond acceptors (Lipinski definition) is 7. The van der Waals surface area contributed by atoms with Gasteiger partial charge in [-0.2, -0.15) is 0 Å². The molecule has 0 aliphatic carbocycles. The highest BCUT2D eigenvalue weighted by Crippen LogP contribution is 2.43. The molecule has 0 aromatic carbocycles. The second kappa shape index (κ2) is 72.3. The largest absolute Gasteiger partial charge is 0.472 e. The number of esters is 2. The molecule has 0 bridgehead atoms. The van der Waals surface area contributed by atoms with Gasteiger partial charge in [0, 0.05) is 12.8 Å². The molecule has 2 atom stereocenters. The molecule has 0 aromatic heterocycles. The molecule has 0 heterocycles. The van der Waals surface area contributed by atoms with E-state index in [0.29, 0.717) is 17.4 Å². The predicted molar refractivity (Wildman–Crippen MR) is 391 cm³/mol. The van der Waals surface area contributed by atoms with Gasteiger partial charge in [-0.25, -0.2) is 4.57 Å². The Labute approximate surface area is 563 Å². The number of rotatable bonds is 78. The van der Waals surface area contributed by atoms with Gasteiger partial charge in [0.15, 0.2) is 6.10 Å². The maximum absolute atomic E-state index is 12.9. The first kappa shape index (κ1) is 89.0. The van der Waals surface area contributed by atoms with Gasteiger partial charge in [0.05, 0.1) is 27.7 Å². The van der Waals surface area contributed by atoms with Gasteiger partial charge in [-0.3, -0.25) is 18.6 Å². The molecule has 9 nitrogen and oxygen atoms in total. The molecule has 0 amide bonds. The summed E-state index contributed by atoms with van der Waals surface area (Å²) in [6.07, 6.45) is 89.9. The second-order valence-electron chi connectivity index (χ2n) is 29.5. The van der Waals surface area contributed by atoms with Crippen LogP contribution in [-0.2, 0) is 32.7 Å². The van der Waals surface area contributed by atoms with Crippen molar-refractivity contribution in [2.45, 2.75) is 457 Å². The third-order valence-corrected chi connectivity index (χ3v) is 20.1. The Bertz CT molecular complexity index is 1470. The minimum atomic E-state index is -4.39. The fraction of sp³-hybridized carbons (Fsp3) is 0.975. The summed E-state index contributed by atoms with van der Waals surface area (Å²) < 4.78 is 34.8. The van der Waals surface area contributed by atoms with Gasteiger partial charge in [0.2, 0.25) is 0 Å². The molecule has 1 N–H and O–H groups in total. The minimum absolute atomic E-state index is 0.0379. The number of nitrogens with zero attached hydrogens (tertiary/aromatic N) is 1. The first-order chi connectivity index (χ1) is 44.0. The van der Waals surface area contributed by atoms with Crippen LogP contribution in [0.15, 0.2) is 0 Å². The van der Waals surface area contributed by atoms with Crippen LogP contribution in [0.25, 0.3) is 0 Å². The lowest BCUT2D eigenvalue weighted by molar-refractivity contribution is -0.870. The Kier molecular flexibility index (Phi) is 71.5. The van der Waals surface area contributed by atoms with Crippen molar-refractivity contribution >= 4 is 19.8 Å². The Hall–Kier alpha value is -0.990. The third-order valence-electron chi connectivity index (χ3n) is 19.1. The van der Waals surface area contributed by atoms with Gasteiger partial charge >= 0.3 is 19.8 Å². The molecule has 0 saturated heterocycles. The zero-order valence-corrected chi connectivity index (χ0v) is 62.6. The molecule has 0 aromatic rings. The molecule has 0 aliphatic rings. The normalized spacial score (nSPS) is 12.9. The zero-order valence-electron chi connectivity index (χ0n) is 61.7. The predicted octanol–water partition coefficient (Wildman–Crippen LogP) is 26.8. The van der Waals surface area contributed by atoms with E-state index in [2.05, 4.69) is 13.8 Å². The highest BCUT2D eigenvalue weighted by atomic mass is 31.2. The van der Waals surface area contributed by atoms with Crippen molar-refractivity contribution < 1.29 is 42.1 Å². The molecule has 0 saturated carbocycles. The van der Waals surface area contributed by atoms with Crippen molar-refractivity contribution in [1.82, 2.24) is 0 Å². The van der Waals surface area contributed by atoms with E-state index in [4.69, 9.17) is 18.5 Å². The van der Waals surface area contributed by atoms with Crippen LogP contribution < -0.4 is 0 Å². The van der Waals surface area contributed by atoms with E-state index in [0.717, 1.165) is 38.5 Å². The number of carbonyl (C=O) groups excluding carboxylic acids is 2. The van der Waals surface area contributed by atoms with E-state index < -0.39 is 26.5 Å². The van der Waals surface area contributed by atoms with Crippen LogP contribution in [0.4, 0.5) is 0 Å². The zero-order chi connectivity index (χ0) is 65.5. The van der Waals surface area contributed by atoms with Crippen LogP contribution in [0, 0.1) is 0 Å². The Morgan fingerprint density at radius 2 is 0.500 bits per heavy atom. The summed E-state index contributed by atoms with van der Waals surface area (Å²) in [5.41, 5.74) is 0. The van der Waals surface area contributed by atoms with E-state index in [-0.39, 0.29) is 25.6 Å². The van der Waals surface area contributed by atoms with E-state index in [1.165, 1.54) is 385 Å². The van der Waals surface area contributed by atoms with Crippen molar-refractivity contribution in [3.63, 3.8) is 0 Å². The third kappa shape index (κ3) is 76.0. The standard InChI is InChI=1S/C80H160NO8P/c1-6-8-10-12-14-16-18-20-22-24-26-28-30-32-34-36-38-39-40-41-42-43-45-47-49-51-53-55-57-59-61-63-65-67-69-71-73-80(83)89-78(77-88-90(84,85)87-75-74-81(3,4)5)76-86-79(82)72-70-68-66-64-62-60-58-56-54-52-50-48-46-44-37-35-33-31-29-27-25-23-21-19-17-15-13-11-9-7-2/h78H,6-77H2,1-5H3/p+1. The van der Waals surface area contributed by atoms with Gasteiger partial charge in [0.1, 0.15) is 19.8 Å². The molecule has 10 heteroatoms. The van der Waals surface area contributed by atoms with E-state index in [1.807, 2.05) is 21.1 Å². The molecular formula is C80H161NO8P+. The van der Waals surface area contributed by atoms with Crippen molar-refractivity contribution in [3.05, 3.63) is 0 Å². The van der Waals surface area contributed by atoms with Crippen LogP contribution in [0.5, 0.6) is 0 Å². The number of quaternary nitrogens is 1. The fourth-order valence-corrected chi connectivity index (χ4v) is 13.7. The van der Waals surface area contributed by atoms with Crippen molar-refractivity contribution in [1.29, 1.82) is 0 Å². The number of carbonyl (C=O) groups is 2. The first-order valence-electron chi connectivity index (χ1n) is 40.8.